The van der Waals surface area contributed by atoms with Gasteiger partial charge in [0.1, 0.15) is 58.1 Å². The third-order valence-electron chi connectivity index (χ3n) is 18.5. The molecule has 0 saturated carbocycles. The smallest absolute Gasteiger partial charge is 0.434 e. The third-order valence-corrected chi connectivity index (χ3v) is 18.5. The average Bonchev–Trinajstić information content (AvgIpc) is 0.670. The summed E-state index contributed by atoms with van der Waals surface area (Å²) < 4.78 is 167. The minimum atomic E-state index is -6.28. The van der Waals surface area contributed by atoms with Gasteiger partial charge in [-0.1, -0.05) is 109 Å². The van der Waals surface area contributed by atoms with E-state index in [0.717, 1.165) is 12.1 Å². The van der Waals surface area contributed by atoms with E-state index in [1.807, 2.05) is 0 Å². The summed E-state index contributed by atoms with van der Waals surface area (Å²) in [6.07, 6.45) is -26.1. The fourth-order valence-electron chi connectivity index (χ4n) is 13.4. The van der Waals surface area contributed by atoms with Crippen LogP contribution in [0.5, 0.6) is 46.0 Å². The van der Waals surface area contributed by atoms with Gasteiger partial charge < -0.3 is 48.8 Å². The number of nitrogens with zero attached hydrogens (tertiary/aromatic N) is 2. The molecule has 0 radical (unpaired) electrons. The normalized spacial score (nSPS) is 14.2. The molecule has 13 rings (SSSR count). The maximum absolute atomic E-state index is 16.2. The number of aliphatic hydroxyl groups excluding tert-OH is 4. The summed E-state index contributed by atoms with van der Waals surface area (Å²) in [5.41, 5.74) is 0.647. The number of fused-ring (bicyclic) bond motifs is 2. The molecule has 27 heteroatoms. The van der Waals surface area contributed by atoms with E-state index < -0.39 is 125 Å². The summed E-state index contributed by atoms with van der Waals surface area (Å²) in [7, 11) is 0. The van der Waals surface area contributed by atoms with E-state index in [4.69, 9.17) is 23.7 Å². The van der Waals surface area contributed by atoms with E-state index in [2.05, 4.69) is 4.74 Å². The lowest BCUT2D eigenvalue weighted by molar-refractivity contribution is -0.314. The Morgan fingerprint density at radius 3 is 0.850 bits per heavy atom. The Bertz CT molecular complexity index is 4990. The first kappa shape index (κ1) is 73.7. The van der Waals surface area contributed by atoms with Gasteiger partial charge in [-0.25, -0.2) is 9.59 Å². The molecule has 0 spiro atoms. The molecule has 0 saturated heterocycles. The van der Waals surface area contributed by atoms with Crippen molar-refractivity contribution in [1.82, 2.24) is 9.80 Å². The van der Waals surface area contributed by atoms with Crippen LogP contribution in [0.4, 0.5) is 39.5 Å². The first-order valence-electron chi connectivity index (χ1n) is 33.5. The fourth-order valence-corrected chi connectivity index (χ4v) is 13.4. The third kappa shape index (κ3) is 14.7. The van der Waals surface area contributed by atoms with E-state index in [-0.39, 0.29) is 146 Å². The van der Waals surface area contributed by atoms with Crippen LogP contribution >= 0.6 is 0 Å². The number of ether oxygens (including phenoxy) is 6. The highest BCUT2D eigenvalue weighted by Gasteiger charge is 2.61. The van der Waals surface area contributed by atoms with Crippen LogP contribution in [0.15, 0.2) is 182 Å². The number of carbonyl (C=O) groups excluding carboxylic acids is 6. The largest absolute Gasteiger partial charge is 0.457 e. The summed E-state index contributed by atoms with van der Waals surface area (Å²) in [5.74, 6) is -11.0. The number of hydrogen-bond donors (Lipinski definition) is 4. The summed E-state index contributed by atoms with van der Waals surface area (Å²) >= 11 is 0. The van der Waals surface area contributed by atoms with Gasteiger partial charge in [-0.3, -0.25) is 29.0 Å². The average molecular weight is 1480 g/mol. The quantitative estimate of drug-likeness (QED) is 0.0129. The Morgan fingerprint density at radius 2 is 0.607 bits per heavy atom. The molecule has 3 unspecified atom stereocenters. The number of aliphatic hydroxyl groups is 4. The second kappa shape index (κ2) is 29.7. The maximum Gasteiger partial charge on any atom is 0.434 e. The van der Waals surface area contributed by atoms with E-state index in [0.29, 0.717) is 34.1 Å². The highest BCUT2D eigenvalue weighted by atomic mass is 19.4. The number of benzene rings is 11. The lowest BCUT2D eigenvalue weighted by Gasteiger charge is -2.36. The highest BCUT2D eigenvalue weighted by Crippen LogP contribution is 2.58. The Morgan fingerprint density at radius 1 is 0.346 bits per heavy atom. The Hall–Kier alpha value is -11.7. The molecule has 0 fully saturated rings. The van der Waals surface area contributed by atoms with Crippen molar-refractivity contribution in [3.05, 3.63) is 238 Å². The molecule has 11 aromatic rings. The molecule has 11 aromatic carbocycles. The molecule has 3 atom stereocenters. The van der Waals surface area contributed by atoms with Crippen molar-refractivity contribution >= 4 is 78.7 Å². The van der Waals surface area contributed by atoms with Gasteiger partial charge in [0.15, 0.2) is 6.10 Å². The molecular weight excluding hydrogens is 1420 g/mol. The van der Waals surface area contributed by atoms with Crippen molar-refractivity contribution in [3.63, 3.8) is 0 Å². The first-order valence-corrected chi connectivity index (χ1v) is 33.5. The van der Waals surface area contributed by atoms with Crippen molar-refractivity contribution in [3.8, 4) is 46.0 Å². The second-order valence-corrected chi connectivity index (χ2v) is 25.5. The molecule has 4 amide bonds. The van der Waals surface area contributed by atoms with Crippen LogP contribution in [-0.4, -0.2) is 135 Å². The molecule has 4 N–H and O–H groups in total. The first-order chi connectivity index (χ1) is 51.2. The van der Waals surface area contributed by atoms with Gasteiger partial charge in [0.25, 0.3) is 29.7 Å². The van der Waals surface area contributed by atoms with Crippen molar-refractivity contribution in [1.29, 1.82) is 0 Å². The van der Waals surface area contributed by atoms with Crippen molar-refractivity contribution < 1.29 is 117 Å². The van der Waals surface area contributed by atoms with Crippen LogP contribution in [-0.2, 0) is 57.6 Å². The lowest BCUT2D eigenvalue weighted by atomic mass is 9.80. The number of amides is 4. The van der Waals surface area contributed by atoms with Gasteiger partial charge in [-0.2, -0.15) is 39.5 Å². The maximum atomic E-state index is 16.2. The lowest BCUT2D eigenvalue weighted by Crippen LogP contribution is -2.55. The number of rotatable bonds is 26. The van der Waals surface area contributed by atoms with Crippen molar-refractivity contribution in [2.75, 3.05) is 26.4 Å². The zero-order chi connectivity index (χ0) is 76.0. The number of esters is 2. The van der Waals surface area contributed by atoms with E-state index in [1.54, 1.807) is 66.7 Å². The zero-order valence-electron chi connectivity index (χ0n) is 56.2. The topological polar surface area (TPSA) is 245 Å². The molecule has 2 aliphatic rings. The molecule has 0 aromatic heterocycles. The second-order valence-electron chi connectivity index (χ2n) is 25.5. The number of carbonyl (C=O) groups is 6. The van der Waals surface area contributed by atoms with Crippen LogP contribution < -0.4 is 18.9 Å². The monoisotopic (exact) mass is 1480 g/mol. The SMILES string of the molecule is CC(OC(=O)C(Cc1ccccc1)N1C(=O)c2cc(Oc3ccc(CCO)cc3)c3c4c(Oc5ccc(CCO)cc5)cc5c6c(cc(Oc7ccc(CCO)cc7)c(c7c(Oc8ccc(CCO)cc8)cc(c2c37)C1=O)c64)C(=O)N(C(Cc1ccccc1)C(=O)OC(C(F)(F)F)C(F)(F)F)C5=O)C(F)(F)F. The molecule has 2 heterocycles. The van der Waals surface area contributed by atoms with Gasteiger partial charge in [0.2, 0.25) is 0 Å². The van der Waals surface area contributed by atoms with Gasteiger partial charge in [0.05, 0.1) is 22.3 Å². The number of imide groups is 2. The number of alkyl halides is 9. The number of halogens is 9. The molecule has 18 nitrogen and oxygen atoms in total. The standard InChI is InChI=1S/C80H61F9N2O16/c1-42(78(81,82)83)102-75(100)57(36-47-8-4-2-5-9-47)90-71(96)53-38-59(103-49-20-12-43(13-21-49)28-32-92)65-67-61(105-51-24-16-45(17-25-51)30-34-94)40-55-64-56(74(99)91(73(55)98)58(37-48-10-6-3-7-11-48)76(101)107-77(79(84,85)86)80(87,88)89)41-62(106-52-26-18-46(19-27-52)31-35-95)68(70(64)67)66-60(39-54(72(90)97)63(53)69(65)66)104-50-22-14-44(15-23-50)29-33-93/h2-27,38-42,57-58,77,92-95H,28-37H2,1H3. The molecule has 0 bridgehead atoms. The molecule has 0 aliphatic carbocycles. The van der Waals surface area contributed by atoms with Crippen LogP contribution in [0.1, 0.15) is 81.7 Å². The Kier molecular flexibility index (Phi) is 20.5. The van der Waals surface area contributed by atoms with Crippen molar-refractivity contribution in [2.24, 2.45) is 0 Å². The van der Waals surface area contributed by atoms with Crippen molar-refractivity contribution in [2.45, 2.75) is 88.3 Å². The molecule has 2 aliphatic heterocycles. The molecular formula is C80H61F9N2O16. The van der Waals surface area contributed by atoms with Crippen LogP contribution in [0.3, 0.4) is 0 Å². The minimum absolute atomic E-state index is 0.00857. The van der Waals surface area contributed by atoms with Gasteiger partial charge >= 0.3 is 30.5 Å². The Labute approximate surface area is 601 Å². The van der Waals surface area contributed by atoms with Gasteiger partial charge in [-0.15, -0.1) is 0 Å². The van der Waals surface area contributed by atoms with Gasteiger partial charge in [-0.05, 0) is 139 Å². The van der Waals surface area contributed by atoms with Crippen LogP contribution in [0.2, 0.25) is 0 Å². The number of hydrogen-bond acceptors (Lipinski definition) is 16. The summed E-state index contributed by atoms with van der Waals surface area (Å²) in [4.78, 5) is 94.7. The summed E-state index contributed by atoms with van der Waals surface area (Å²) in [6, 6.07) is 39.0. The Balaban J connectivity index is 1.19. The van der Waals surface area contributed by atoms with E-state index in [1.165, 1.54) is 103 Å². The summed E-state index contributed by atoms with van der Waals surface area (Å²) in [5, 5.41) is 38.3. The van der Waals surface area contributed by atoms with Gasteiger partial charge in [0, 0.05) is 82.4 Å². The highest BCUT2D eigenvalue weighted by molar-refractivity contribution is 6.45. The van der Waals surface area contributed by atoms with E-state index >= 15 is 19.2 Å². The zero-order valence-corrected chi connectivity index (χ0v) is 56.2. The summed E-state index contributed by atoms with van der Waals surface area (Å²) in [6.45, 7) is -0.560. The molecule has 107 heavy (non-hydrogen) atoms. The molecule has 550 valence electrons. The fraction of sp³-hybridized carbons (Fsp3) is 0.225. The van der Waals surface area contributed by atoms with Crippen LogP contribution in [0, 0.1) is 0 Å². The predicted octanol–water partition coefficient (Wildman–Crippen LogP) is 15.0. The van der Waals surface area contributed by atoms with Crippen LogP contribution in [0.25, 0.3) is 43.1 Å². The minimum Gasteiger partial charge on any atom is -0.457 e. The van der Waals surface area contributed by atoms with E-state index in [9.17, 15) is 69.5 Å². The predicted molar refractivity (Wildman–Crippen MR) is 369 cm³/mol.